The zero-order chi connectivity index (χ0) is 20.4. The van der Waals surface area contributed by atoms with Gasteiger partial charge in [-0.15, -0.1) is 22.7 Å². The first-order valence-electron chi connectivity index (χ1n) is 9.49. The third-order valence-electron chi connectivity index (χ3n) is 4.84. The Balaban J connectivity index is 1.87. The zero-order valence-corrected chi connectivity index (χ0v) is 18.1. The molecule has 0 saturated heterocycles. The molecule has 0 fully saturated rings. The molecule has 0 N–H and O–H groups in total. The summed E-state index contributed by atoms with van der Waals surface area (Å²) in [6.45, 7) is 13.6. The summed E-state index contributed by atoms with van der Waals surface area (Å²) in [6.07, 6.45) is 13.8. The van der Waals surface area contributed by atoms with E-state index in [1.165, 1.54) is 46.3 Å². The molecule has 0 nitrogen and oxygen atoms in total. The first kappa shape index (κ1) is 19.4. The SMILES string of the molecule is C=C/C=C(\C=C)c1cc2cc3cc4sc(C(/C=C\C)=C/C=C)cc4cc3cc2s1. The number of benzene rings is 2. The number of hydrogen-bond donors (Lipinski definition) is 0. The van der Waals surface area contributed by atoms with E-state index in [-0.39, 0.29) is 0 Å². The van der Waals surface area contributed by atoms with Gasteiger partial charge in [0, 0.05) is 19.2 Å². The third kappa shape index (κ3) is 3.69. The molecule has 0 spiro atoms. The van der Waals surface area contributed by atoms with Gasteiger partial charge >= 0.3 is 0 Å². The van der Waals surface area contributed by atoms with Gasteiger partial charge in [-0.1, -0.05) is 62.3 Å². The van der Waals surface area contributed by atoms with Crippen LogP contribution in [0, 0.1) is 0 Å². The number of hydrogen-bond acceptors (Lipinski definition) is 2. The molecule has 0 atom stereocenters. The fourth-order valence-corrected chi connectivity index (χ4v) is 5.72. The van der Waals surface area contributed by atoms with E-state index in [4.69, 9.17) is 0 Å². The van der Waals surface area contributed by atoms with E-state index in [0.29, 0.717) is 0 Å². The van der Waals surface area contributed by atoms with Crippen molar-refractivity contribution in [3.05, 3.63) is 108 Å². The van der Waals surface area contributed by atoms with E-state index in [2.05, 4.69) is 74.4 Å². The lowest BCUT2D eigenvalue weighted by Gasteiger charge is -1.99. The summed E-state index contributed by atoms with van der Waals surface area (Å²) in [4.78, 5) is 2.49. The molecule has 0 saturated carbocycles. The number of allylic oxidation sites excluding steroid dienone is 9. The number of thiophene rings is 2. The van der Waals surface area contributed by atoms with Gasteiger partial charge in [0.15, 0.2) is 0 Å². The molecular weight excluding hydrogens is 388 g/mol. The van der Waals surface area contributed by atoms with Gasteiger partial charge in [0.1, 0.15) is 0 Å². The molecule has 0 aliphatic carbocycles. The summed E-state index contributed by atoms with van der Waals surface area (Å²) < 4.78 is 2.60. The van der Waals surface area contributed by atoms with Crippen LogP contribution >= 0.6 is 22.7 Å². The molecule has 0 unspecified atom stereocenters. The Bertz CT molecular complexity index is 1280. The van der Waals surface area contributed by atoms with E-state index in [9.17, 15) is 0 Å². The highest BCUT2D eigenvalue weighted by Gasteiger charge is 2.09. The summed E-state index contributed by atoms with van der Waals surface area (Å²) in [7, 11) is 0. The minimum atomic E-state index is 1.11. The maximum absolute atomic E-state index is 3.94. The molecule has 2 aromatic heterocycles. The Labute approximate surface area is 179 Å². The fraction of sp³-hybridized carbons (Fsp3) is 0.0370. The lowest BCUT2D eigenvalue weighted by Crippen LogP contribution is -1.73. The number of fused-ring (bicyclic) bond motifs is 3. The van der Waals surface area contributed by atoms with Gasteiger partial charge in [-0.25, -0.2) is 0 Å². The predicted molar refractivity (Wildman–Crippen MR) is 136 cm³/mol. The molecule has 0 aliphatic heterocycles. The fourth-order valence-electron chi connectivity index (χ4n) is 3.51. The monoisotopic (exact) mass is 410 g/mol. The van der Waals surface area contributed by atoms with Crippen molar-refractivity contribution in [3.63, 3.8) is 0 Å². The molecule has 4 aromatic rings. The van der Waals surface area contributed by atoms with Crippen LogP contribution in [0.2, 0.25) is 0 Å². The van der Waals surface area contributed by atoms with Crippen molar-refractivity contribution in [3.8, 4) is 0 Å². The maximum Gasteiger partial charge on any atom is 0.0355 e. The second-order valence-electron chi connectivity index (χ2n) is 6.77. The van der Waals surface area contributed by atoms with E-state index >= 15 is 0 Å². The quantitative estimate of drug-likeness (QED) is 0.278. The van der Waals surface area contributed by atoms with E-state index < -0.39 is 0 Å². The molecule has 0 radical (unpaired) electrons. The minimum Gasteiger partial charge on any atom is -0.135 e. The molecule has 142 valence electrons. The van der Waals surface area contributed by atoms with Crippen molar-refractivity contribution in [2.24, 2.45) is 0 Å². The Morgan fingerprint density at radius 3 is 1.69 bits per heavy atom. The molecule has 2 heteroatoms. The normalized spacial score (nSPS) is 13.0. The highest BCUT2D eigenvalue weighted by atomic mass is 32.1. The van der Waals surface area contributed by atoms with Crippen LogP contribution in [0.3, 0.4) is 0 Å². The van der Waals surface area contributed by atoms with Crippen molar-refractivity contribution in [2.45, 2.75) is 6.92 Å². The van der Waals surface area contributed by atoms with Gasteiger partial charge in [0.05, 0.1) is 0 Å². The second-order valence-corrected chi connectivity index (χ2v) is 8.94. The van der Waals surface area contributed by atoms with Gasteiger partial charge in [-0.05, 0) is 76.0 Å². The van der Waals surface area contributed by atoms with Crippen molar-refractivity contribution >= 4 is 64.8 Å². The maximum atomic E-state index is 3.94. The van der Waals surface area contributed by atoms with Crippen LogP contribution in [0.15, 0.2) is 98.7 Å². The average Bonchev–Trinajstić information content (AvgIpc) is 3.31. The minimum absolute atomic E-state index is 1.11. The Morgan fingerprint density at radius 2 is 1.21 bits per heavy atom. The largest absolute Gasteiger partial charge is 0.135 e. The standard InChI is InChI=1S/C27H22S2/c1-5-9-18(8-4)24-16-22-12-20-15-27-23(13-21(20)14-26(22)28-24)17-25(29-27)19(10-6-2)11-7-3/h5-17H,1-2,4H2,3H3/b11-7-,18-9+,19-10+. The first-order chi connectivity index (χ1) is 14.2. The van der Waals surface area contributed by atoms with Crippen LogP contribution in [-0.2, 0) is 0 Å². The van der Waals surface area contributed by atoms with E-state index in [0.717, 1.165) is 5.57 Å². The highest BCUT2D eigenvalue weighted by molar-refractivity contribution is 7.20. The Hall–Kier alpha value is -2.94. The highest BCUT2D eigenvalue weighted by Crippen LogP contribution is 2.38. The number of rotatable bonds is 6. The topological polar surface area (TPSA) is 0 Å². The third-order valence-corrected chi connectivity index (χ3v) is 7.13. The molecular formula is C27H22S2. The predicted octanol–water partition coefficient (Wildman–Crippen LogP) is 9.17. The Kier molecular flexibility index (Phi) is 5.48. The van der Waals surface area contributed by atoms with Crippen molar-refractivity contribution < 1.29 is 0 Å². The Morgan fingerprint density at radius 1 is 0.690 bits per heavy atom. The van der Waals surface area contributed by atoms with E-state index in [1.54, 1.807) is 11.3 Å². The lowest BCUT2D eigenvalue weighted by atomic mass is 10.1. The first-order valence-corrected chi connectivity index (χ1v) is 11.1. The summed E-state index contributed by atoms with van der Waals surface area (Å²) in [5.41, 5.74) is 2.31. The van der Waals surface area contributed by atoms with Crippen LogP contribution in [-0.4, -0.2) is 0 Å². The lowest BCUT2D eigenvalue weighted by molar-refractivity contribution is 1.73. The average molecular weight is 411 g/mol. The van der Waals surface area contributed by atoms with Crippen LogP contribution in [0.1, 0.15) is 16.7 Å². The molecule has 0 bridgehead atoms. The van der Waals surface area contributed by atoms with Crippen LogP contribution in [0.4, 0.5) is 0 Å². The van der Waals surface area contributed by atoms with E-state index in [1.807, 2.05) is 42.6 Å². The van der Waals surface area contributed by atoms with Gasteiger partial charge < -0.3 is 0 Å². The molecule has 0 aliphatic rings. The van der Waals surface area contributed by atoms with Crippen LogP contribution in [0.25, 0.3) is 42.1 Å². The molecule has 29 heavy (non-hydrogen) atoms. The smallest absolute Gasteiger partial charge is 0.0355 e. The van der Waals surface area contributed by atoms with Crippen molar-refractivity contribution in [1.29, 1.82) is 0 Å². The molecule has 4 rings (SSSR count). The zero-order valence-electron chi connectivity index (χ0n) is 16.4. The van der Waals surface area contributed by atoms with Crippen LogP contribution < -0.4 is 0 Å². The van der Waals surface area contributed by atoms with Gasteiger partial charge in [-0.2, -0.15) is 0 Å². The summed E-state index contributed by atoms with van der Waals surface area (Å²) in [6, 6.07) is 13.7. The summed E-state index contributed by atoms with van der Waals surface area (Å²) >= 11 is 3.63. The molecule has 0 amide bonds. The van der Waals surface area contributed by atoms with Gasteiger partial charge in [0.2, 0.25) is 0 Å². The molecule has 2 heterocycles. The van der Waals surface area contributed by atoms with Gasteiger partial charge in [0.25, 0.3) is 0 Å². The van der Waals surface area contributed by atoms with Gasteiger partial charge in [-0.3, -0.25) is 0 Å². The summed E-state index contributed by atoms with van der Waals surface area (Å²) in [5, 5.41) is 5.10. The second kappa shape index (κ2) is 8.20. The van der Waals surface area contributed by atoms with Crippen molar-refractivity contribution in [2.75, 3.05) is 0 Å². The van der Waals surface area contributed by atoms with Crippen molar-refractivity contribution in [1.82, 2.24) is 0 Å². The molecule has 2 aromatic carbocycles. The van der Waals surface area contributed by atoms with Crippen LogP contribution in [0.5, 0.6) is 0 Å². The summed E-state index contributed by atoms with van der Waals surface area (Å²) in [5.74, 6) is 0.